The van der Waals surface area contributed by atoms with Gasteiger partial charge in [0, 0.05) is 31.9 Å². The number of rotatable bonds is 4. The lowest BCUT2D eigenvalue weighted by Gasteiger charge is -2.14. The highest BCUT2D eigenvalue weighted by molar-refractivity contribution is 5.76. The van der Waals surface area contributed by atoms with Gasteiger partial charge in [-0.3, -0.25) is 9.78 Å². The Balaban J connectivity index is 2.68. The van der Waals surface area contributed by atoms with Crippen LogP contribution in [0.3, 0.4) is 0 Å². The number of hydrogen-bond donors (Lipinski definition) is 2. The Kier molecular flexibility index (Phi) is 4.07. The van der Waals surface area contributed by atoms with Gasteiger partial charge in [-0.25, -0.2) is 0 Å². The smallest absolute Gasteiger partial charge is 0.221 e. The number of nitrogens with zero attached hydrogens (tertiary/aromatic N) is 1. The van der Waals surface area contributed by atoms with Crippen LogP contribution in [0.25, 0.3) is 0 Å². The van der Waals surface area contributed by atoms with Crippen molar-refractivity contribution in [1.82, 2.24) is 15.6 Å². The second-order valence-corrected chi connectivity index (χ2v) is 3.00. The van der Waals surface area contributed by atoms with Crippen molar-refractivity contribution in [3.8, 4) is 0 Å². The van der Waals surface area contributed by atoms with E-state index in [9.17, 15) is 4.79 Å². The molecule has 0 spiro atoms. The van der Waals surface area contributed by atoms with Crippen LogP contribution in [-0.2, 0) is 4.79 Å². The summed E-state index contributed by atoms with van der Waals surface area (Å²) in [5.74, 6) is 0.0215. The zero-order valence-electron chi connectivity index (χ0n) is 8.45. The fourth-order valence-corrected chi connectivity index (χ4v) is 1.26. The lowest BCUT2D eigenvalue weighted by molar-refractivity contribution is -0.121. The van der Waals surface area contributed by atoms with E-state index in [2.05, 4.69) is 15.6 Å². The third kappa shape index (κ3) is 2.81. The van der Waals surface area contributed by atoms with Gasteiger partial charge in [0.05, 0.1) is 0 Å². The molecule has 1 aromatic heterocycles. The number of carbonyl (C=O) groups is 1. The van der Waals surface area contributed by atoms with Gasteiger partial charge < -0.3 is 10.6 Å². The topological polar surface area (TPSA) is 54.0 Å². The summed E-state index contributed by atoms with van der Waals surface area (Å²) in [7, 11) is 3.47. The van der Waals surface area contributed by atoms with E-state index in [-0.39, 0.29) is 11.9 Å². The van der Waals surface area contributed by atoms with Gasteiger partial charge in [-0.15, -0.1) is 0 Å². The number of amides is 1. The highest BCUT2D eigenvalue weighted by atomic mass is 16.1. The molecule has 4 heteroatoms. The molecule has 1 atom stereocenters. The molecule has 76 valence electrons. The van der Waals surface area contributed by atoms with Crippen LogP contribution in [0.4, 0.5) is 0 Å². The standard InChI is InChI=1S/C10H15N3O/c1-11-9(6-10(14)12-2)8-4-3-5-13-7-8/h3-5,7,9,11H,6H2,1-2H3,(H,12,14)/t9-/m0/s1. The molecule has 1 amide bonds. The molecule has 0 fully saturated rings. The predicted octanol–water partition coefficient (Wildman–Crippen LogP) is 0.478. The van der Waals surface area contributed by atoms with E-state index in [0.29, 0.717) is 6.42 Å². The van der Waals surface area contributed by atoms with Crippen LogP contribution in [0.5, 0.6) is 0 Å². The largest absolute Gasteiger partial charge is 0.359 e. The van der Waals surface area contributed by atoms with Crippen molar-refractivity contribution in [3.05, 3.63) is 30.1 Å². The number of nitrogens with one attached hydrogen (secondary N) is 2. The van der Waals surface area contributed by atoms with Crippen LogP contribution in [0.2, 0.25) is 0 Å². The number of hydrogen-bond acceptors (Lipinski definition) is 3. The van der Waals surface area contributed by atoms with Gasteiger partial charge in [-0.2, -0.15) is 0 Å². The minimum atomic E-state index is 0.0215. The molecule has 1 aromatic rings. The summed E-state index contributed by atoms with van der Waals surface area (Å²) < 4.78 is 0. The van der Waals surface area contributed by atoms with E-state index in [4.69, 9.17) is 0 Å². The summed E-state index contributed by atoms with van der Waals surface area (Å²) in [6, 6.07) is 3.85. The average molecular weight is 193 g/mol. The van der Waals surface area contributed by atoms with Crippen LogP contribution >= 0.6 is 0 Å². The number of pyridine rings is 1. The van der Waals surface area contributed by atoms with Crippen LogP contribution in [0, 0.1) is 0 Å². The van der Waals surface area contributed by atoms with E-state index in [0.717, 1.165) is 5.56 Å². The Morgan fingerprint density at radius 3 is 2.86 bits per heavy atom. The summed E-state index contributed by atoms with van der Waals surface area (Å²) in [5.41, 5.74) is 1.03. The quantitative estimate of drug-likeness (QED) is 0.731. The molecule has 0 aliphatic heterocycles. The molecule has 0 bridgehead atoms. The maximum Gasteiger partial charge on any atom is 0.221 e. The Morgan fingerprint density at radius 2 is 2.36 bits per heavy atom. The first-order chi connectivity index (χ1) is 6.77. The third-order valence-electron chi connectivity index (χ3n) is 2.10. The Hall–Kier alpha value is -1.42. The SMILES string of the molecule is CNC(=O)C[C@H](NC)c1cccnc1. The molecule has 0 saturated carbocycles. The first-order valence-electron chi connectivity index (χ1n) is 4.55. The molecular formula is C10H15N3O. The maximum absolute atomic E-state index is 11.2. The fourth-order valence-electron chi connectivity index (χ4n) is 1.26. The minimum Gasteiger partial charge on any atom is -0.359 e. The van der Waals surface area contributed by atoms with Gasteiger partial charge in [0.15, 0.2) is 0 Å². The van der Waals surface area contributed by atoms with Gasteiger partial charge in [0.2, 0.25) is 5.91 Å². The maximum atomic E-state index is 11.2. The molecule has 1 rings (SSSR count). The van der Waals surface area contributed by atoms with Crippen molar-refractivity contribution in [1.29, 1.82) is 0 Å². The van der Waals surface area contributed by atoms with Gasteiger partial charge in [0.1, 0.15) is 0 Å². The van der Waals surface area contributed by atoms with Gasteiger partial charge in [-0.1, -0.05) is 6.07 Å². The van der Waals surface area contributed by atoms with Crippen LogP contribution in [-0.4, -0.2) is 25.0 Å². The summed E-state index contributed by atoms with van der Waals surface area (Å²) in [6.07, 6.45) is 3.92. The van der Waals surface area contributed by atoms with Gasteiger partial charge in [-0.05, 0) is 18.7 Å². The monoisotopic (exact) mass is 193 g/mol. The van der Waals surface area contributed by atoms with Crippen molar-refractivity contribution in [2.75, 3.05) is 14.1 Å². The van der Waals surface area contributed by atoms with E-state index >= 15 is 0 Å². The Labute approximate surface area is 83.7 Å². The third-order valence-corrected chi connectivity index (χ3v) is 2.10. The summed E-state index contributed by atoms with van der Waals surface area (Å²) >= 11 is 0. The normalized spacial score (nSPS) is 12.1. The van der Waals surface area contributed by atoms with Gasteiger partial charge >= 0.3 is 0 Å². The molecule has 0 aliphatic carbocycles. The number of aromatic nitrogens is 1. The minimum absolute atomic E-state index is 0.0215. The van der Waals surface area contributed by atoms with Crippen molar-refractivity contribution >= 4 is 5.91 Å². The van der Waals surface area contributed by atoms with E-state index < -0.39 is 0 Å². The highest BCUT2D eigenvalue weighted by Gasteiger charge is 2.12. The van der Waals surface area contributed by atoms with E-state index in [1.807, 2.05) is 19.2 Å². The zero-order chi connectivity index (χ0) is 10.4. The van der Waals surface area contributed by atoms with Crippen LogP contribution in [0.1, 0.15) is 18.0 Å². The molecule has 4 nitrogen and oxygen atoms in total. The molecular weight excluding hydrogens is 178 g/mol. The molecule has 2 N–H and O–H groups in total. The fraction of sp³-hybridized carbons (Fsp3) is 0.400. The van der Waals surface area contributed by atoms with E-state index in [1.54, 1.807) is 19.4 Å². The first kappa shape index (κ1) is 10.7. The molecule has 0 radical (unpaired) electrons. The van der Waals surface area contributed by atoms with Crippen LogP contribution in [0.15, 0.2) is 24.5 Å². The van der Waals surface area contributed by atoms with Crippen molar-refractivity contribution in [2.24, 2.45) is 0 Å². The lowest BCUT2D eigenvalue weighted by atomic mass is 10.1. The summed E-state index contributed by atoms with van der Waals surface area (Å²) in [4.78, 5) is 15.2. The van der Waals surface area contributed by atoms with Gasteiger partial charge in [0.25, 0.3) is 0 Å². The van der Waals surface area contributed by atoms with Crippen molar-refractivity contribution in [2.45, 2.75) is 12.5 Å². The second-order valence-electron chi connectivity index (χ2n) is 3.00. The zero-order valence-corrected chi connectivity index (χ0v) is 8.45. The predicted molar refractivity (Wildman–Crippen MR) is 54.7 cm³/mol. The molecule has 0 saturated heterocycles. The Morgan fingerprint density at radius 1 is 1.57 bits per heavy atom. The number of carbonyl (C=O) groups excluding carboxylic acids is 1. The second kappa shape index (κ2) is 5.34. The molecule has 1 heterocycles. The molecule has 14 heavy (non-hydrogen) atoms. The summed E-state index contributed by atoms with van der Waals surface area (Å²) in [6.45, 7) is 0. The molecule has 0 aliphatic rings. The van der Waals surface area contributed by atoms with Crippen molar-refractivity contribution in [3.63, 3.8) is 0 Å². The average Bonchev–Trinajstić information content (AvgIpc) is 2.26. The van der Waals surface area contributed by atoms with Crippen LogP contribution < -0.4 is 10.6 Å². The van der Waals surface area contributed by atoms with Crippen molar-refractivity contribution < 1.29 is 4.79 Å². The lowest BCUT2D eigenvalue weighted by Crippen LogP contribution is -2.26. The first-order valence-corrected chi connectivity index (χ1v) is 4.55. The molecule has 0 unspecified atom stereocenters. The van der Waals surface area contributed by atoms with E-state index in [1.165, 1.54) is 0 Å². The Bertz CT molecular complexity index is 287. The summed E-state index contributed by atoms with van der Waals surface area (Å²) in [5, 5.41) is 5.68. The molecule has 0 aromatic carbocycles. The highest BCUT2D eigenvalue weighted by Crippen LogP contribution is 2.14.